The summed E-state index contributed by atoms with van der Waals surface area (Å²) in [5.74, 6) is 1.16. The van der Waals surface area contributed by atoms with Crippen molar-refractivity contribution in [3.8, 4) is 11.5 Å². The van der Waals surface area contributed by atoms with Gasteiger partial charge in [-0.2, -0.15) is 0 Å². The molecule has 0 bridgehead atoms. The van der Waals surface area contributed by atoms with Gasteiger partial charge in [0.05, 0.1) is 31.7 Å². The number of carbonyl (C=O) groups excluding carboxylic acids is 1. The highest BCUT2D eigenvalue weighted by Crippen LogP contribution is 2.31. The third-order valence-electron chi connectivity index (χ3n) is 5.34. The summed E-state index contributed by atoms with van der Waals surface area (Å²) in [5.41, 5.74) is 2.58. The summed E-state index contributed by atoms with van der Waals surface area (Å²) in [6.07, 6.45) is 1.47. The van der Waals surface area contributed by atoms with Crippen molar-refractivity contribution in [2.24, 2.45) is 0 Å². The quantitative estimate of drug-likeness (QED) is 0.756. The normalized spacial score (nSPS) is 16.6. The van der Waals surface area contributed by atoms with Gasteiger partial charge in [0.2, 0.25) is 10.0 Å². The van der Waals surface area contributed by atoms with Gasteiger partial charge < -0.3 is 14.8 Å². The van der Waals surface area contributed by atoms with E-state index in [0.29, 0.717) is 35.7 Å². The Labute approximate surface area is 178 Å². The van der Waals surface area contributed by atoms with Crippen molar-refractivity contribution in [3.63, 3.8) is 0 Å². The third-order valence-corrected chi connectivity index (χ3v) is 7.20. The summed E-state index contributed by atoms with van der Waals surface area (Å²) < 4.78 is 37.1. The van der Waals surface area contributed by atoms with Gasteiger partial charge in [-0.05, 0) is 62.6 Å². The Hall–Kier alpha value is -2.74. The Kier molecular flexibility index (Phi) is 6.55. The molecule has 1 aliphatic rings. The summed E-state index contributed by atoms with van der Waals surface area (Å²) in [7, 11) is -0.198. The van der Waals surface area contributed by atoms with Gasteiger partial charge in [0.1, 0.15) is 11.5 Å². The van der Waals surface area contributed by atoms with Crippen LogP contribution in [-0.2, 0) is 10.0 Å². The van der Waals surface area contributed by atoms with E-state index in [1.807, 2.05) is 19.9 Å². The van der Waals surface area contributed by atoms with Gasteiger partial charge in [0.25, 0.3) is 5.91 Å². The van der Waals surface area contributed by atoms with Gasteiger partial charge in [0, 0.05) is 17.7 Å². The fourth-order valence-electron chi connectivity index (χ4n) is 3.61. The second kappa shape index (κ2) is 8.95. The fourth-order valence-corrected chi connectivity index (χ4v) is 5.31. The minimum absolute atomic E-state index is 0.134. The molecular formula is C22H28N2O5S. The van der Waals surface area contributed by atoms with Gasteiger partial charge in [0.15, 0.2) is 0 Å². The van der Waals surface area contributed by atoms with E-state index in [4.69, 9.17) is 9.47 Å². The Balaban J connectivity index is 1.86. The van der Waals surface area contributed by atoms with Crippen molar-refractivity contribution in [2.75, 3.05) is 30.8 Å². The molecule has 2 aromatic rings. The molecule has 30 heavy (non-hydrogen) atoms. The van der Waals surface area contributed by atoms with E-state index < -0.39 is 10.0 Å². The van der Waals surface area contributed by atoms with E-state index in [2.05, 4.69) is 5.32 Å². The molecule has 162 valence electrons. The number of amides is 1. The van der Waals surface area contributed by atoms with Gasteiger partial charge in [-0.15, -0.1) is 0 Å². The molecule has 0 radical (unpaired) electrons. The molecule has 2 aromatic carbocycles. The lowest BCUT2D eigenvalue weighted by atomic mass is 10.0. The van der Waals surface area contributed by atoms with Crippen molar-refractivity contribution in [1.29, 1.82) is 0 Å². The highest BCUT2D eigenvalue weighted by Gasteiger charge is 2.28. The first-order valence-electron chi connectivity index (χ1n) is 9.90. The standard InChI is InChI=1S/C22H28N2O5S/c1-15-7-8-17(13-20(15)24-11-5-6-12-30(24,26)27)22(25)23-16(2)19-14-18(28-3)9-10-21(19)29-4/h7-10,13-14,16H,5-6,11-12H2,1-4H3,(H,23,25)/t16-/m0/s1. The first kappa shape index (κ1) is 22.0. The second-order valence-electron chi connectivity index (χ2n) is 7.40. The third kappa shape index (κ3) is 4.53. The zero-order valence-corrected chi connectivity index (χ0v) is 18.6. The van der Waals surface area contributed by atoms with Crippen LogP contribution in [-0.4, -0.2) is 40.8 Å². The lowest BCUT2D eigenvalue weighted by molar-refractivity contribution is 0.0939. The molecule has 1 amide bonds. The monoisotopic (exact) mass is 432 g/mol. The molecule has 7 nitrogen and oxygen atoms in total. The lowest BCUT2D eigenvalue weighted by Crippen LogP contribution is -2.38. The van der Waals surface area contributed by atoms with Crippen LogP contribution in [0.2, 0.25) is 0 Å². The van der Waals surface area contributed by atoms with E-state index >= 15 is 0 Å². The van der Waals surface area contributed by atoms with Crippen molar-refractivity contribution in [1.82, 2.24) is 5.32 Å². The molecular weight excluding hydrogens is 404 g/mol. The SMILES string of the molecule is COc1ccc(OC)c([C@H](C)NC(=O)c2ccc(C)c(N3CCCCS3(=O)=O)c2)c1. The number of carbonyl (C=O) groups is 1. The number of methoxy groups -OCH3 is 2. The number of nitrogens with one attached hydrogen (secondary N) is 1. The lowest BCUT2D eigenvalue weighted by Gasteiger charge is -2.30. The number of hydrogen-bond donors (Lipinski definition) is 1. The average Bonchev–Trinajstić information content (AvgIpc) is 2.73. The van der Waals surface area contributed by atoms with Crippen molar-refractivity contribution in [3.05, 3.63) is 53.1 Å². The molecule has 1 atom stereocenters. The fraction of sp³-hybridized carbons (Fsp3) is 0.409. The number of rotatable bonds is 6. The van der Waals surface area contributed by atoms with Crippen LogP contribution < -0.4 is 19.1 Å². The molecule has 1 fully saturated rings. The van der Waals surface area contributed by atoms with E-state index in [9.17, 15) is 13.2 Å². The summed E-state index contributed by atoms with van der Waals surface area (Å²) in [6, 6.07) is 10.2. The molecule has 0 saturated carbocycles. The molecule has 1 aliphatic heterocycles. The van der Waals surface area contributed by atoms with Crippen LogP contribution in [0.4, 0.5) is 5.69 Å². The number of aryl methyl sites for hydroxylation is 1. The zero-order valence-electron chi connectivity index (χ0n) is 17.8. The highest BCUT2D eigenvalue weighted by atomic mass is 32.2. The number of hydrogen-bond acceptors (Lipinski definition) is 5. The van der Waals surface area contributed by atoms with E-state index in [-0.39, 0.29) is 17.7 Å². The molecule has 3 rings (SSSR count). The molecule has 1 saturated heterocycles. The Morgan fingerprint density at radius 2 is 1.87 bits per heavy atom. The first-order valence-corrected chi connectivity index (χ1v) is 11.5. The van der Waals surface area contributed by atoms with Crippen molar-refractivity contribution in [2.45, 2.75) is 32.7 Å². The van der Waals surface area contributed by atoms with Crippen LogP contribution in [0.1, 0.15) is 47.3 Å². The van der Waals surface area contributed by atoms with Crippen LogP contribution in [0.15, 0.2) is 36.4 Å². The molecule has 1 N–H and O–H groups in total. The summed E-state index contributed by atoms with van der Waals surface area (Å²) in [6.45, 7) is 4.15. The summed E-state index contributed by atoms with van der Waals surface area (Å²) in [5, 5.41) is 2.97. The topological polar surface area (TPSA) is 84.9 Å². The number of ether oxygens (including phenoxy) is 2. The number of sulfonamides is 1. The smallest absolute Gasteiger partial charge is 0.251 e. The van der Waals surface area contributed by atoms with Gasteiger partial charge in [-0.25, -0.2) is 8.42 Å². The Bertz CT molecular complexity index is 1040. The number of nitrogens with zero attached hydrogens (tertiary/aromatic N) is 1. The number of anilines is 1. The van der Waals surface area contributed by atoms with Crippen LogP contribution in [0.25, 0.3) is 0 Å². The van der Waals surface area contributed by atoms with Crippen LogP contribution in [0.5, 0.6) is 11.5 Å². The van der Waals surface area contributed by atoms with Crippen LogP contribution in [0, 0.1) is 6.92 Å². The van der Waals surface area contributed by atoms with Gasteiger partial charge in [-0.3, -0.25) is 9.10 Å². The van der Waals surface area contributed by atoms with E-state index in [1.54, 1.807) is 44.6 Å². The van der Waals surface area contributed by atoms with Crippen molar-refractivity contribution >= 4 is 21.6 Å². The zero-order chi connectivity index (χ0) is 21.9. The van der Waals surface area contributed by atoms with E-state index in [0.717, 1.165) is 17.5 Å². The second-order valence-corrected chi connectivity index (χ2v) is 9.41. The van der Waals surface area contributed by atoms with Gasteiger partial charge >= 0.3 is 0 Å². The van der Waals surface area contributed by atoms with Crippen molar-refractivity contribution < 1.29 is 22.7 Å². The number of benzene rings is 2. The average molecular weight is 433 g/mol. The molecule has 0 aromatic heterocycles. The Morgan fingerprint density at radius 1 is 1.10 bits per heavy atom. The molecule has 0 aliphatic carbocycles. The molecule has 0 spiro atoms. The largest absolute Gasteiger partial charge is 0.497 e. The maximum atomic E-state index is 12.9. The van der Waals surface area contributed by atoms with Crippen LogP contribution >= 0.6 is 0 Å². The van der Waals surface area contributed by atoms with E-state index in [1.165, 1.54) is 4.31 Å². The predicted molar refractivity (Wildman–Crippen MR) is 117 cm³/mol. The van der Waals surface area contributed by atoms with Gasteiger partial charge in [-0.1, -0.05) is 6.07 Å². The predicted octanol–water partition coefficient (Wildman–Crippen LogP) is 3.43. The van der Waals surface area contributed by atoms with Crippen LogP contribution in [0.3, 0.4) is 0 Å². The first-order chi connectivity index (χ1) is 14.3. The minimum atomic E-state index is -3.35. The molecule has 8 heteroatoms. The maximum Gasteiger partial charge on any atom is 0.251 e. The Morgan fingerprint density at radius 3 is 2.53 bits per heavy atom. The summed E-state index contributed by atoms with van der Waals surface area (Å²) >= 11 is 0. The maximum absolute atomic E-state index is 12.9. The summed E-state index contributed by atoms with van der Waals surface area (Å²) in [4.78, 5) is 12.9. The molecule has 0 unspecified atom stereocenters. The highest BCUT2D eigenvalue weighted by molar-refractivity contribution is 7.92. The molecule has 1 heterocycles. The minimum Gasteiger partial charge on any atom is -0.497 e.